The highest BCUT2D eigenvalue weighted by molar-refractivity contribution is 7.15. The van der Waals surface area contributed by atoms with Gasteiger partial charge in [-0.1, -0.05) is 83.1 Å². The fourth-order valence-corrected chi connectivity index (χ4v) is 8.58. The van der Waals surface area contributed by atoms with E-state index in [1.807, 2.05) is 72.8 Å². The van der Waals surface area contributed by atoms with E-state index in [4.69, 9.17) is 53.0 Å². The van der Waals surface area contributed by atoms with E-state index in [1.165, 1.54) is 22.7 Å². The molecule has 4 aromatic carbocycles. The number of nitrogens with zero attached hydrogens (tertiary/aromatic N) is 4. The normalized spacial score (nSPS) is 15.8. The maximum Gasteiger partial charge on any atom is 0.314 e. The van der Waals surface area contributed by atoms with Crippen LogP contribution in [0.4, 0.5) is 5.13 Å². The molecule has 6 aromatic rings. The summed E-state index contributed by atoms with van der Waals surface area (Å²) in [6.07, 6.45) is 4.75. The Bertz CT molecular complexity index is 2450. The van der Waals surface area contributed by atoms with Crippen molar-refractivity contribution in [1.82, 2.24) is 20.4 Å². The molecule has 4 heterocycles. The number of benzene rings is 4. The van der Waals surface area contributed by atoms with Crippen molar-refractivity contribution in [3.63, 3.8) is 0 Å². The third kappa shape index (κ3) is 8.54. The summed E-state index contributed by atoms with van der Waals surface area (Å²) < 4.78 is 21.2. The standard InChI is InChI=1S/C21H17ClN2O3S.C11H10O4.C9H8ClN3S/c22-15-4-2-1-3-13(15)9-19-23-24-20(28-19)11-18(25)21(7-8-21)14-5-6-16-17(10-14)27-12-26-16;12-10(13)11(3-4-11)7-1-2-8-9(5-7)15-6-14-8;10-7-4-2-1-3-6(7)5-8-12-13-9(11)14-8/h1-6,10H,7-9,11-12H2;1-2,5H,3-4,6H2,(H,12,13);1-4H,5H2,(H2,11,13). The number of anilines is 1. The van der Waals surface area contributed by atoms with Gasteiger partial charge in [-0.2, -0.15) is 0 Å². The van der Waals surface area contributed by atoms with Crippen molar-refractivity contribution in [1.29, 1.82) is 0 Å². The number of ketones is 1. The van der Waals surface area contributed by atoms with Crippen LogP contribution in [0.2, 0.25) is 10.0 Å². The molecule has 0 saturated heterocycles. The van der Waals surface area contributed by atoms with Crippen LogP contribution in [-0.2, 0) is 39.7 Å². The van der Waals surface area contributed by atoms with Crippen LogP contribution in [0.1, 0.15) is 63.0 Å². The number of rotatable bonds is 10. The molecule has 0 radical (unpaired) electrons. The molecular weight excluding hydrogens is 810 g/mol. The second kappa shape index (κ2) is 16.3. The number of fused-ring (bicyclic) bond motifs is 2. The van der Waals surface area contributed by atoms with E-state index in [-0.39, 0.29) is 19.4 Å². The number of carbonyl (C=O) groups is 2. The molecule has 0 atom stereocenters. The number of carbonyl (C=O) groups excluding carboxylic acids is 1. The topological polar surface area (TPSA) is 169 Å². The zero-order valence-corrected chi connectivity index (χ0v) is 33.4. The van der Waals surface area contributed by atoms with E-state index >= 15 is 0 Å². The van der Waals surface area contributed by atoms with Crippen LogP contribution in [0.25, 0.3) is 0 Å². The number of carboxylic acid groups (broad SMARTS) is 1. The number of aromatic nitrogens is 4. The molecule has 0 amide bonds. The largest absolute Gasteiger partial charge is 0.481 e. The van der Waals surface area contributed by atoms with Crippen LogP contribution < -0.4 is 24.7 Å². The molecule has 2 aliphatic carbocycles. The number of aliphatic carboxylic acids is 1. The summed E-state index contributed by atoms with van der Waals surface area (Å²) in [7, 11) is 0. The minimum Gasteiger partial charge on any atom is -0.481 e. The number of Topliss-reactive ketones (excluding diaryl/α,β-unsaturated/α-hetero) is 1. The predicted octanol–water partition coefficient (Wildman–Crippen LogP) is 8.25. The molecule has 2 aromatic heterocycles. The summed E-state index contributed by atoms with van der Waals surface area (Å²) in [6, 6.07) is 26.6. The van der Waals surface area contributed by atoms with Gasteiger partial charge in [-0.15, -0.1) is 31.7 Å². The highest BCUT2D eigenvalue weighted by Crippen LogP contribution is 2.52. The molecule has 0 unspecified atom stereocenters. The van der Waals surface area contributed by atoms with Crippen molar-refractivity contribution in [2.75, 3.05) is 19.3 Å². The lowest BCUT2D eigenvalue weighted by Gasteiger charge is -2.14. The highest BCUT2D eigenvalue weighted by Gasteiger charge is 2.52. The maximum atomic E-state index is 13.1. The molecule has 2 aliphatic heterocycles. The fraction of sp³-hybridized carbons (Fsp3) is 0.268. The Balaban J connectivity index is 0.000000132. The monoisotopic (exact) mass is 843 g/mol. The summed E-state index contributed by atoms with van der Waals surface area (Å²) >= 11 is 15.1. The zero-order chi connectivity index (χ0) is 39.6. The molecule has 3 N–H and O–H groups in total. The molecule has 10 rings (SSSR count). The summed E-state index contributed by atoms with van der Waals surface area (Å²) in [5, 5.41) is 29.8. The molecule has 0 bridgehead atoms. The number of nitrogen functional groups attached to an aromatic ring is 1. The molecule has 57 heavy (non-hydrogen) atoms. The molecule has 16 heteroatoms. The number of carboxylic acids is 1. The second-order valence-electron chi connectivity index (χ2n) is 13.9. The highest BCUT2D eigenvalue weighted by atomic mass is 35.5. The lowest BCUT2D eigenvalue weighted by molar-refractivity contribution is -0.140. The average Bonchev–Trinajstić information content (AvgIpc) is 3.93. The minimum atomic E-state index is -0.749. The van der Waals surface area contributed by atoms with Gasteiger partial charge < -0.3 is 29.8 Å². The number of nitrogens with two attached hydrogens (primary N) is 1. The number of ether oxygens (including phenoxy) is 4. The molecule has 2 saturated carbocycles. The van der Waals surface area contributed by atoms with Crippen molar-refractivity contribution < 1.29 is 33.6 Å². The van der Waals surface area contributed by atoms with E-state index in [0.29, 0.717) is 48.7 Å². The Kier molecular flexibility index (Phi) is 11.0. The van der Waals surface area contributed by atoms with Gasteiger partial charge in [0.2, 0.25) is 18.7 Å². The SMILES string of the molecule is Nc1nnc(Cc2ccccc2Cl)s1.O=C(Cc1nnc(Cc2ccccc2Cl)s1)C1(c2ccc3c(c2)OCO3)CC1.O=C(O)C1(c2ccc3c(c2)OCO3)CC1. The quantitative estimate of drug-likeness (QED) is 0.136. The van der Waals surface area contributed by atoms with Crippen molar-refractivity contribution >= 4 is 62.8 Å². The summed E-state index contributed by atoms with van der Waals surface area (Å²) in [6.45, 7) is 0.456. The van der Waals surface area contributed by atoms with Crippen LogP contribution in [0.15, 0.2) is 84.9 Å². The first kappa shape index (κ1) is 38.6. The molecule has 0 spiro atoms. The van der Waals surface area contributed by atoms with Crippen molar-refractivity contribution in [2.45, 2.75) is 55.8 Å². The minimum absolute atomic E-state index is 0.187. The Morgan fingerprint density at radius 1 is 0.632 bits per heavy atom. The number of halogens is 2. The van der Waals surface area contributed by atoms with Crippen LogP contribution >= 0.6 is 45.9 Å². The lowest BCUT2D eigenvalue weighted by atomic mass is 9.89. The van der Waals surface area contributed by atoms with Gasteiger partial charge in [-0.25, -0.2) is 0 Å². The van der Waals surface area contributed by atoms with E-state index in [1.54, 1.807) is 12.1 Å². The average molecular weight is 845 g/mol. The maximum absolute atomic E-state index is 13.1. The van der Waals surface area contributed by atoms with Gasteiger partial charge in [-0.05, 0) is 84.3 Å². The van der Waals surface area contributed by atoms with E-state index in [0.717, 1.165) is 71.7 Å². The summed E-state index contributed by atoms with van der Waals surface area (Å²) in [5.41, 5.74) is 8.27. The molecule has 4 aliphatic rings. The summed E-state index contributed by atoms with van der Waals surface area (Å²) in [4.78, 5) is 24.2. The van der Waals surface area contributed by atoms with Crippen LogP contribution in [0.3, 0.4) is 0 Å². The van der Waals surface area contributed by atoms with E-state index in [2.05, 4.69) is 20.4 Å². The van der Waals surface area contributed by atoms with Gasteiger partial charge in [0.05, 0.1) is 17.3 Å². The number of hydrogen-bond acceptors (Lipinski definition) is 13. The van der Waals surface area contributed by atoms with Gasteiger partial charge in [0, 0.05) is 22.9 Å². The third-order valence-corrected chi connectivity index (χ3v) is 12.6. The third-order valence-electron chi connectivity index (χ3n) is 10.2. The fourth-order valence-electron chi connectivity index (χ4n) is 6.68. The van der Waals surface area contributed by atoms with Crippen LogP contribution in [-0.4, -0.2) is 50.8 Å². The smallest absolute Gasteiger partial charge is 0.314 e. The first-order chi connectivity index (χ1) is 27.6. The Hall–Kier alpha value is -5.28. The molecule has 292 valence electrons. The lowest BCUT2D eigenvalue weighted by Crippen LogP contribution is -2.22. The second-order valence-corrected chi connectivity index (χ2v) is 16.9. The van der Waals surface area contributed by atoms with Crippen molar-refractivity contribution in [2.24, 2.45) is 0 Å². The van der Waals surface area contributed by atoms with Gasteiger partial charge in [0.25, 0.3) is 0 Å². The van der Waals surface area contributed by atoms with Gasteiger partial charge in [0.15, 0.2) is 23.0 Å². The predicted molar refractivity (Wildman–Crippen MR) is 216 cm³/mol. The van der Waals surface area contributed by atoms with Crippen molar-refractivity contribution in [3.8, 4) is 23.0 Å². The first-order valence-corrected chi connectivity index (χ1v) is 20.4. The van der Waals surface area contributed by atoms with Crippen molar-refractivity contribution in [3.05, 3.63) is 132 Å². The first-order valence-electron chi connectivity index (χ1n) is 18.0. The van der Waals surface area contributed by atoms with Gasteiger partial charge >= 0.3 is 5.97 Å². The van der Waals surface area contributed by atoms with E-state index in [9.17, 15) is 9.59 Å². The Morgan fingerprint density at radius 3 is 1.60 bits per heavy atom. The molecule has 12 nitrogen and oxygen atoms in total. The molecule has 2 fully saturated rings. The Labute approximate surface area is 345 Å². The zero-order valence-electron chi connectivity index (χ0n) is 30.3. The molecular formula is C41H35Cl2N5O7S2. The van der Waals surface area contributed by atoms with Gasteiger partial charge in [0.1, 0.15) is 20.8 Å². The van der Waals surface area contributed by atoms with Crippen LogP contribution in [0, 0.1) is 0 Å². The van der Waals surface area contributed by atoms with Gasteiger partial charge in [-0.3, -0.25) is 9.59 Å². The van der Waals surface area contributed by atoms with E-state index < -0.39 is 16.8 Å². The van der Waals surface area contributed by atoms with Crippen LogP contribution in [0.5, 0.6) is 23.0 Å². The summed E-state index contributed by atoms with van der Waals surface area (Å²) in [5.74, 6) is 2.24. The Morgan fingerprint density at radius 2 is 1.11 bits per heavy atom. The number of hydrogen-bond donors (Lipinski definition) is 2.